The molecule has 0 saturated heterocycles. The molecule has 0 atom stereocenters. The Morgan fingerprint density at radius 2 is 2.40 bits per heavy atom. The second-order valence-electron chi connectivity index (χ2n) is 3.51. The number of rotatable bonds is 1. The third kappa shape index (κ3) is 1.75. The van der Waals surface area contributed by atoms with E-state index < -0.39 is 0 Å². The lowest BCUT2D eigenvalue weighted by Gasteiger charge is -2.03. The number of allylic oxidation sites excluding steroid dienone is 2. The van der Waals surface area contributed by atoms with Crippen molar-refractivity contribution in [3.63, 3.8) is 0 Å². The largest absolute Gasteiger partial charge is 0.390 e. The van der Waals surface area contributed by atoms with Gasteiger partial charge >= 0.3 is 0 Å². The molecule has 1 aliphatic rings. The van der Waals surface area contributed by atoms with Crippen molar-refractivity contribution < 1.29 is 0 Å². The summed E-state index contributed by atoms with van der Waals surface area (Å²) in [6.07, 6.45) is 4.93. The Labute approximate surface area is 93.8 Å². The lowest BCUT2D eigenvalue weighted by molar-refractivity contribution is 1.03. The van der Waals surface area contributed by atoms with Crippen molar-refractivity contribution in [2.75, 3.05) is 12.3 Å². The van der Waals surface area contributed by atoms with Crippen LogP contribution in [-0.4, -0.2) is 12.3 Å². The van der Waals surface area contributed by atoms with Crippen LogP contribution in [0, 0.1) is 0 Å². The van der Waals surface area contributed by atoms with Crippen molar-refractivity contribution >= 4 is 27.6 Å². The number of hydrogen-bond donors (Lipinski definition) is 1. The number of nitrogen functional groups attached to an aromatic ring is 1. The van der Waals surface area contributed by atoms with Gasteiger partial charge in [-0.15, -0.1) is 11.3 Å². The predicted octanol–water partition coefficient (Wildman–Crippen LogP) is 3.11. The maximum Gasteiger partial charge on any atom is 0.0939 e. The van der Waals surface area contributed by atoms with Crippen LogP contribution in [0.4, 0.5) is 5.00 Å². The molecule has 2 nitrogen and oxygen atoms in total. The maximum absolute atomic E-state index is 5.96. The molecule has 0 spiro atoms. The zero-order chi connectivity index (χ0) is 10.8. The monoisotopic (exact) mass is 218 g/mol. The van der Waals surface area contributed by atoms with Crippen LogP contribution in [0.5, 0.6) is 0 Å². The van der Waals surface area contributed by atoms with Crippen LogP contribution >= 0.6 is 11.3 Å². The van der Waals surface area contributed by atoms with Gasteiger partial charge in [-0.3, -0.25) is 4.99 Å². The van der Waals surface area contributed by atoms with Gasteiger partial charge in [-0.25, -0.2) is 0 Å². The third-order valence-corrected chi connectivity index (χ3v) is 3.28. The number of fused-ring (bicyclic) bond motifs is 1. The number of hydrogen-bond acceptors (Lipinski definition) is 3. The van der Waals surface area contributed by atoms with E-state index in [1.54, 1.807) is 11.3 Å². The molecule has 0 aliphatic carbocycles. The second-order valence-corrected chi connectivity index (χ2v) is 4.42. The topological polar surface area (TPSA) is 38.4 Å². The minimum absolute atomic E-state index is 0.803. The molecule has 3 heteroatoms. The predicted molar refractivity (Wildman–Crippen MR) is 68.6 cm³/mol. The highest BCUT2D eigenvalue weighted by molar-refractivity contribution is 7.14. The summed E-state index contributed by atoms with van der Waals surface area (Å²) < 4.78 is 0. The molecule has 78 valence electrons. The Balaban J connectivity index is 2.58. The molecule has 0 aromatic carbocycles. The first-order valence-corrected chi connectivity index (χ1v) is 5.84. The van der Waals surface area contributed by atoms with E-state index in [1.807, 2.05) is 19.1 Å². The SMILES string of the molecule is C=C1CCN=C(C=CC)c2csc(N)c21. The summed E-state index contributed by atoms with van der Waals surface area (Å²) in [6.45, 7) is 6.87. The van der Waals surface area contributed by atoms with Crippen LogP contribution < -0.4 is 5.73 Å². The molecule has 0 amide bonds. The Hall–Kier alpha value is -1.35. The zero-order valence-corrected chi connectivity index (χ0v) is 9.60. The first kappa shape index (κ1) is 10.2. The number of anilines is 1. The Morgan fingerprint density at radius 1 is 1.60 bits per heavy atom. The molecule has 2 rings (SSSR count). The minimum atomic E-state index is 0.803. The van der Waals surface area contributed by atoms with Gasteiger partial charge in [-0.05, 0) is 25.0 Å². The van der Waals surface area contributed by atoms with Crippen molar-refractivity contribution in [2.45, 2.75) is 13.3 Å². The molecule has 1 aliphatic heterocycles. The molecule has 15 heavy (non-hydrogen) atoms. The zero-order valence-electron chi connectivity index (χ0n) is 8.79. The first-order chi connectivity index (χ1) is 7.24. The fourth-order valence-corrected chi connectivity index (χ4v) is 2.60. The van der Waals surface area contributed by atoms with E-state index >= 15 is 0 Å². The fraction of sp³-hybridized carbons (Fsp3) is 0.250. The van der Waals surface area contributed by atoms with Crippen molar-refractivity contribution in [1.82, 2.24) is 0 Å². The molecular weight excluding hydrogens is 204 g/mol. The summed E-state index contributed by atoms with van der Waals surface area (Å²) >= 11 is 1.57. The molecule has 0 bridgehead atoms. The van der Waals surface area contributed by atoms with E-state index in [0.29, 0.717) is 0 Å². The third-order valence-electron chi connectivity index (χ3n) is 2.47. The molecule has 0 saturated carbocycles. The Kier molecular flexibility index (Phi) is 2.73. The van der Waals surface area contributed by atoms with Gasteiger partial charge in [-0.2, -0.15) is 0 Å². The van der Waals surface area contributed by atoms with Crippen molar-refractivity contribution in [3.8, 4) is 0 Å². The van der Waals surface area contributed by atoms with Crippen LogP contribution in [0.2, 0.25) is 0 Å². The molecule has 0 unspecified atom stereocenters. The van der Waals surface area contributed by atoms with Crippen molar-refractivity contribution in [3.05, 3.63) is 35.2 Å². The van der Waals surface area contributed by atoms with E-state index in [2.05, 4.69) is 17.0 Å². The van der Waals surface area contributed by atoms with Crippen molar-refractivity contribution in [2.24, 2.45) is 4.99 Å². The first-order valence-electron chi connectivity index (χ1n) is 4.96. The minimum Gasteiger partial charge on any atom is -0.390 e. The quantitative estimate of drug-likeness (QED) is 0.772. The van der Waals surface area contributed by atoms with Crippen molar-refractivity contribution in [1.29, 1.82) is 0 Å². The highest BCUT2D eigenvalue weighted by atomic mass is 32.1. The smallest absolute Gasteiger partial charge is 0.0939 e. The molecular formula is C12H14N2S. The molecule has 0 fully saturated rings. The molecule has 2 heterocycles. The van der Waals surface area contributed by atoms with E-state index in [4.69, 9.17) is 5.73 Å². The summed E-state index contributed by atoms with van der Waals surface area (Å²) in [7, 11) is 0. The summed E-state index contributed by atoms with van der Waals surface area (Å²) in [5, 5.41) is 2.93. The number of aliphatic imine (C=N–C) groups is 1. The van der Waals surface area contributed by atoms with E-state index in [9.17, 15) is 0 Å². The van der Waals surface area contributed by atoms with Gasteiger partial charge in [0, 0.05) is 23.1 Å². The normalized spacial score (nSPS) is 16.3. The van der Waals surface area contributed by atoms with Gasteiger partial charge in [0.05, 0.1) is 10.7 Å². The summed E-state index contributed by atoms with van der Waals surface area (Å²) in [4.78, 5) is 4.54. The van der Waals surface area contributed by atoms with Crippen LogP contribution in [0.1, 0.15) is 24.5 Å². The lowest BCUT2D eigenvalue weighted by Crippen LogP contribution is -1.97. The van der Waals surface area contributed by atoms with E-state index in [0.717, 1.165) is 40.4 Å². The van der Waals surface area contributed by atoms with Crippen LogP contribution in [0.3, 0.4) is 0 Å². The van der Waals surface area contributed by atoms with Gasteiger partial charge in [-0.1, -0.05) is 12.7 Å². The average Bonchev–Trinajstić information content (AvgIpc) is 2.51. The van der Waals surface area contributed by atoms with Gasteiger partial charge in [0.25, 0.3) is 0 Å². The van der Waals surface area contributed by atoms with Crippen LogP contribution in [-0.2, 0) is 0 Å². The number of nitrogens with two attached hydrogens (primary N) is 1. The summed E-state index contributed by atoms with van der Waals surface area (Å²) in [5.74, 6) is 0. The number of thiophene rings is 1. The highest BCUT2D eigenvalue weighted by Gasteiger charge is 2.17. The average molecular weight is 218 g/mol. The van der Waals surface area contributed by atoms with Gasteiger partial charge in [0.15, 0.2) is 0 Å². The lowest BCUT2D eigenvalue weighted by atomic mass is 10.0. The summed E-state index contributed by atoms with van der Waals surface area (Å²) in [6, 6.07) is 0. The van der Waals surface area contributed by atoms with Crippen LogP contribution in [0.15, 0.2) is 29.1 Å². The maximum atomic E-state index is 5.96. The molecule has 2 N–H and O–H groups in total. The second kappa shape index (κ2) is 4.03. The van der Waals surface area contributed by atoms with E-state index in [-0.39, 0.29) is 0 Å². The molecule has 1 aromatic rings. The van der Waals surface area contributed by atoms with Gasteiger partial charge < -0.3 is 5.73 Å². The number of nitrogens with zero attached hydrogens (tertiary/aromatic N) is 1. The summed E-state index contributed by atoms with van der Waals surface area (Å²) in [5.41, 5.74) is 10.3. The van der Waals surface area contributed by atoms with E-state index in [1.165, 1.54) is 0 Å². The Morgan fingerprint density at radius 3 is 3.13 bits per heavy atom. The molecule has 1 aromatic heterocycles. The Bertz CT molecular complexity index is 452. The van der Waals surface area contributed by atoms with Gasteiger partial charge in [0.1, 0.15) is 0 Å². The fourth-order valence-electron chi connectivity index (χ4n) is 1.75. The van der Waals surface area contributed by atoms with Gasteiger partial charge in [0.2, 0.25) is 0 Å². The highest BCUT2D eigenvalue weighted by Crippen LogP contribution is 2.34. The standard InChI is InChI=1S/C12H14N2S/c1-3-4-10-9-7-15-12(13)11(9)8(2)5-6-14-10/h3-4,7H,2,5-6,13H2,1H3. The van der Waals surface area contributed by atoms with Crippen LogP contribution in [0.25, 0.3) is 5.57 Å². The molecule has 0 radical (unpaired) electrons.